The number of carbonyl (C=O) groups excluding carboxylic acids is 3. The molecule has 0 aromatic carbocycles. The summed E-state index contributed by atoms with van der Waals surface area (Å²) in [6.45, 7) is 6.81. The molecular weight excluding hydrogens is 484 g/mol. The number of carboxylic acid groups (broad SMARTS) is 1. The predicted octanol–water partition coefficient (Wildman–Crippen LogP) is -0.185. The molecule has 4 N–H and O–H groups in total. The van der Waals surface area contributed by atoms with Crippen LogP contribution in [0.1, 0.15) is 26.7 Å². The van der Waals surface area contributed by atoms with Crippen LogP contribution >= 0.6 is 11.8 Å². The number of carbonyl (C=O) groups is 4. The van der Waals surface area contributed by atoms with E-state index in [1.807, 2.05) is 11.8 Å². The number of nitrogens with zero attached hydrogens (tertiary/aromatic N) is 2. The highest BCUT2D eigenvalue weighted by Crippen LogP contribution is 2.51. The number of thioether (sulfide) groups is 1. The van der Waals surface area contributed by atoms with E-state index in [0.29, 0.717) is 31.0 Å². The van der Waals surface area contributed by atoms with Crippen LogP contribution in [-0.4, -0.2) is 101 Å². The van der Waals surface area contributed by atoms with Crippen molar-refractivity contribution in [3.8, 4) is 0 Å². The smallest absolute Gasteiger partial charge is 0.353 e. The summed E-state index contributed by atoms with van der Waals surface area (Å²) in [4.78, 5) is 53.0. The Bertz CT molecular complexity index is 926. The van der Waals surface area contributed by atoms with E-state index in [1.165, 1.54) is 23.6 Å². The Balaban J connectivity index is 1.43. The van der Waals surface area contributed by atoms with Gasteiger partial charge < -0.3 is 30.9 Å². The van der Waals surface area contributed by atoms with Gasteiger partial charge in [0.1, 0.15) is 5.70 Å². The Morgan fingerprint density at radius 3 is 2.66 bits per heavy atom. The third kappa shape index (κ3) is 4.90. The fraction of sp³-hybridized carbons (Fsp3) is 0.727. The van der Waals surface area contributed by atoms with E-state index in [0.717, 1.165) is 19.5 Å². The van der Waals surface area contributed by atoms with E-state index in [-0.39, 0.29) is 28.8 Å². The number of alkyl halides is 2. The predicted molar refractivity (Wildman–Crippen MR) is 123 cm³/mol. The highest BCUT2D eigenvalue weighted by Gasteiger charge is 2.60. The molecule has 0 aromatic heterocycles. The summed E-state index contributed by atoms with van der Waals surface area (Å²) in [5, 5.41) is 18.5. The zero-order valence-corrected chi connectivity index (χ0v) is 20.4. The topological polar surface area (TPSA) is 131 Å². The van der Waals surface area contributed by atoms with E-state index < -0.39 is 42.2 Å². The first-order valence-electron chi connectivity index (χ1n) is 11.9. The van der Waals surface area contributed by atoms with Gasteiger partial charge in [-0.05, 0) is 26.3 Å². The summed E-state index contributed by atoms with van der Waals surface area (Å²) in [6.07, 6.45) is -1.76. The average Bonchev–Trinajstić information content (AvgIpc) is 3.22. The number of nitrogens with one attached hydrogen (secondary N) is 3. The molecule has 0 aromatic rings. The number of fused-ring (bicyclic) bond motifs is 1. The maximum atomic E-state index is 13.0. The third-order valence-corrected chi connectivity index (χ3v) is 8.74. The van der Waals surface area contributed by atoms with Crippen molar-refractivity contribution in [3.05, 3.63) is 10.6 Å². The monoisotopic (exact) mass is 515 g/mol. The molecule has 0 aliphatic carbocycles. The lowest BCUT2D eigenvalue weighted by atomic mass is 9.78. The third-order valence-electron chi connectivity index (χ3n) is 7.23. The number of carboxylic acids is 1. The lowest BCUT2D eigenvalue weighted by molar-refractivity contribution is -0.159. The molecule has 0 bridgehead atoms. The molecule has 3 fully saturated rings. The second kappa shape index (κ2) is 10.4. The molecule has 4 rings (SSSR count). The van der Waals surface area contributed by atoms with Gasteiger partial charge in [0.15, 0.2) is 0 Å². The van der Waals surface area contributed by atoms with Gasteiger partial charge in [-0.1, -0.05) is 6.92 Å². The zero-order chi connectivity index (χ0) is 25.4. The summed E-state index contributed by atoms with van der Waals surface area (Å²) in [6, 6.07) is -1.72. The fourth-order valence-corrected chi connectivity index (χ4v) is 7.00. The van der Waals surface area contributed by atoms with Crippen LogP contribution in [0.5, 0.6) is 0 Å². The van der Waals surface area contributed by atoms with Crippen molar-refractivity contribution in [2.75, 3.05) is 32.7 Å². The molecule has 0 radical (unpaired) electrons. The minimum absolute atomic E-state index is 0.0476. The summed E-state index contributed by atoms with van der Waals surface area (Å²) >= 11 is 1.37. The van der Waals surface area contributed by atoms with Crippen LogP contribution in [0.25, 0.3) is 0 Å². The van der Waals surface area contributed by atoms with Gasteiger partial charge >= 0.3 is 12.4 Å². The van der Waals surface area contributed by atoms with Crippen LogP contribution in [-0.2, 0) is 19.2 Å². The maximum Gasteiger partial charge on any atom is 0.353 e. The minimum Gasteiger partial charge on any atom is -0.477 e. The number of amides is 3. The Morgan fingerprint density at radius 1 is 1.23 bits per heavy atom. The lowest BCUT2D eigenvalue weighted by Crippen LogP contribution is -2.66. The molecule has 35 heavy (non-hydrogen) atoms. The molecule has 3 amide bonds. The van der Waals surface area contributed by atoms with Crippen LogP contribution in [0.15, 0.2) is 10.6 Å². The second-order valence-corrected chi connectivity index (χ2v) is 10.8. The Kier molecular flexibility index (Phi) is 7.67. The molecule has 0 unspecified atom stereocenters. The first kappa shape index (κ1) is 25.8. The van der Waals surface area contributed by atoms with Gasteiger partial charge in [0.25, 0.3) is 5.91 Å². The van der Waals surface area contributed by atoms with E-state index in [4.69, 9.17) is 0 Å². The highest BCUT2D eigenvalue weighted by atomic mass is 32.2. The van der Waals surface area contributed by atoms with E-state index in [2.05, 4.69) is 16.0 Å². The van der Waals surface area contributed by atoms with Crippen molar-refractivity contribution >= 4 is 35.5 Å². The van der Waals surface area contributed by atoms with Crippen molar-refractivity contribution in [2.45, 2.75) is 56.5 Å². The van der Waals surface area contributed by atoms with Crippen molar-refractivity contribution < 1.29 is 33.1 Å². The fourth-order valence-electron chi connectivity index (χ4n) is 5.52. The molecule has 3 saturated heterocycles. The molecule has 4 heterocycles. The Hall–Kier alpha value is -2.25. The van der Waals surface area contributed by atoms with Crippen molar-refractivity contribution in [3.63, 3.8) is 0 Å². The average molecular weight is 516 g/mol. The van der Waals surface area contributed by atoms with Gasteiger partial charge in [0, 0.05) is 48.3 Å². The minimum atomic E-state index is -3.19. The van der Waals surface area contributed by atoms with Crippen LogP contribution in [0.2, 0.25) is 0 Å². The van der Waals surface area contributed by atoms with Gasteiger partial charge in [0.05, 0.1) is 18.0 Å². The number of rotatable bonds is 7. The van der Waals surface area contributed by atoms with Gasteiger partial charge in [-0.3, -0.25) is 14.4 Å². The molecule has 4 aliphatic heterocycles. The first-order valence-corrected chi connectivity index (χ1v) is 12.8. The first-order chi connectivity index (χ1) is 16.6. The molecule has 10 nitrogen and oxygen atoms in total. The molecule has 194 valence electrons. The zero-order valence-electron chi connectivity index (χ0n) is 19.6. The van der Waals surface area contributed by atoms with Crippen LogP contribution in [0.3, 0.4) is 0 Å². The van der Waals surface area contributed by atoms with E-state index in [9.17, 15) is 33.1 Å². The van der Waals surface area contributed by atoms with Crippen molar-refractivity contribution in [1.82, 2.24) is 25.8 Å². The SMILES string of the molecule is C[C@@H](NC(=O)C(F)F)[C@H]1C(=O)N2C(C(=O)O)=C(S[C@@H]3CN[C@H](C(=O)N4CCCNCC4)C3)[C@H](C)[C@H]12. The maximum absolute atomic E-state index is 13.0. The molecule has 0 saturated carbocycles. The number of β-lactam (4-membered cyclic amide) rings is 1. The van der Waals surface area contributed by atoms with Gasteiger partial charge in [-0.15, -0.1) is 11.8 Å². The van der Waals surface area contributed by atoms with Gasteiger partial charge in [0.2, 0.25) is 11.8 Å². The van der Waals surface area contributed by atoms with Crippen LogP contribution in [0, 0.1) is 11.8 Å². The van der Waals surface area contributed by atoms with Crippen LogP contribution < -0.4 is 16.0 Å². The summed E-state index contributed by atoms with van der Waals surface area (Å²) < 4.78 is 25.3. The van der Waals surface area contributed by atoms with Crippen molar-refractivity contribution in [1.29, 1.82) is 0 Å². The standard InChI is InChI=1S/C22H31F2N5O5S/c1-10-15-14(11(2)27-19(30)18(23)24)21(32)29(15)16(22(33)34)17(10)35-12-8-13(26-9-12)20(31)28-6-3-4-25-5-7-28/h10-15,18,25-26H,3-9H2,1-2H3,(H,27,30)(H,33,34)/t10-,11-,12+,13+,14-,15-/m1/s1. The number of aliphatic carboxylic acids is 1. The number of hydrogen-bond acceptors (Lipinski definition) is 7. The Labute approximate surface area is 206 Å². The lowest BCUT2D eigenvalue weighted by Gasteiger charge is -2.47. The van der Waals surface area contributed by atoms with Crippen molar-refractivity contribution in [2.24, 2.45) is 11.8 Å². The molecule has 4 aliphatic rings. The van der Waals surface area contributed by atoms with E-state index in [1.54, 1.807) is 0 Å². The van der Waals surface area contributed by atoms with Gasteiger partial charge in [-0.25, -0.2) is 4.79 Å². The molecule has 13 heteroatoms. The second-order valence-electron chi connectivity index (χ2n) is 9.49. The molecular formula is C22H31F2N5O5S. The quantitative estimate of drug-likeness (QED) is 0.344. The van der Waals surface area contributed by atoms with Gasteiger partial charge in [-0.2, -0.15) is 8.78 Å². The molecule has 6 atom stereocenters. The highest BCUT2D eigenvalue weighted by molar-refractivity contribution is 8.03. The molecule has 0 spiro atoms. The normalized spacial score (nSPS) is 31.8. The Morgan fingerprint density at radius 2 is 1.97 bits per heavy atom. The summed E-state index contributed by atoms with van der Waals surface area (Å²) in [7, 11) is 0. The van der Waals surface area contributed by atoms with Crippen LogP contribution in [0.4, 0.5) is 8.78 Å². The largest absolute Gasteiger partial charge is 0.477 e. The van der Waals surface area contributed by atoms with E-state index >= 15 is 0 Å². The number of hydrogen-bond donors (Lipinski definition) is 4. The summed E-state index contributed by atoms with van der Waals surface area (Å²) in [5.74, 6) is -4.26. The number of halogens is 2. The summed E-state index contributed by atoms with van der Waals surface area (Å²) in [5.41, 5.74) is -0.0884.